The fourth-order valence-corrected chi connectivity index (χ4v) is 3.66. The number of unbranched alkanes of at least 4 members (excludes halogenated alkanes) is 4. The molecule has 4 nitrogen and oxygen atoms in total. The first-order chi connectivity index (χ1) is 13.3. The van der Waals surface area contributed by atoms with Crippen molar-refractivity contribution >= 4 is 63.5 Å². The summed E-state index contributed by atoms with van der Waals surface area (Å²) in [6.07, 6.45) is 5.41. The average Bonchev–Trinajstić information content (AvgIpc) is 2.64. The normalized spacial score (nSPS) is 11.4. The molecule has 0 radical (unpaired) electrons. The third-order valence-electron chi connectivity index (χ3n) is 3.79. The van der Waals surface area contributed by atoms with Crippen LogP contribution < -0.4 is 4.74 Å². The van der Waals surface area contributed by atoms with Crippen LogP contribution in [-0.2, 0) is 0 Å². The van der Waals surface area contributed by atoms with E-state index in [1.807, 2.05) is 30.3 Å². The van der Waals surface area contributed by atoms with Crippen molar-refractivity contribution in [2.24, 2.45) is 0 Å². The first kappa shape index (κ1) is 23.6. The van der Waals surface area contributed by atoms with Crippen LogP contribution in [0.1, 0.15) is 38.5 Å². The molecular weight excluding hydrogens is 462 g/mol. The quantitative estimate of drug-likeness (QED) is 0.208. The fourth-order valence-electron chi connectivity index (χ4n) is 2.46. The number of nitrogens with zero attached hydrogens (tertiary/aromatic N) is 2. The number of hydrogen-bond donors (Lipinski definition) is 0. The van der Waals surface area contributed by atoms with E-state index in [9.17, 15) is 4.79 Å². The number of rotatable bonds is 9. The van der Waals surface area contributed by atoms with Crippen molar-refractivity contribution in [2.45, 2.75) is 42.3 Å². The molecule has 0 aliphatic carbocycles. The van der Waals surface area contributed by atoms with Crippen LogP contribution in [0.15, 0.2) is 36.4 Å². The summed E-state index contributed by atoms with van der Waals surface area (Å²) in [5.74, 6) is 0.978. The summed E-state index contributed by atoms with van der Waals surface area (Å²) >= 11 is 24.2. The Morgan fingerprint density at radius 3 is 2.39 bits per heavy atom. The van der Waals surface area contributed by atoms with Crippen molar-refractivity contribution in [3.05, 3.63) is 41.6 Å². The lowest BCUT2D eigenvalue weighted by atomic mass is 10.1. The molecule has 28 heavy (non-hydrogen) atoms. The zero-order valence-electron chi connectivity index (χ0n) is 15.0. The van der Waals surface area contributed by atoms with E-state index >= 15 is 0 Å². The largest absolute Gasteiger partial charge is 0.416 e. The van der Waals surface area contributed by atoms with Crippen molar-refractivity contribution in [1.29, 1.82) is 0 Å². The van der Waals surface area contributed by atoms with Crippen molar-refractivity contribution < 1.29 is 9.53 Å². The molecular formula is C19H20Cl4N2O2S. The SMILES string of the molecule is O=C(Oc1cc(Cl)nnc1-c1ccccc1)SCCCCCCCC(Cl)(Cl)Cl. The maximum absolute atomic E-state index is 12.2. The highest BCUT2D eigenvalue weighted by Crippen LogP contribution is 2.32. The Bertz CT molecular complexity index is 757. The van der Waals surface area contributed by atoms with Crippen LogP contribution in [0, 0.1) is 0 Å². The smallest absolute Gasteiger partial charge is 0.372 e. The number of carbonyl (C=O) groups excluding carboxylic acids is 1. The number of aromatic nitrogens is 2. The van der Waals surface area contributed by atoms with E-state index in [0.29, 0.717) is 23.6 Å². The van der Waals surface area contributed by atoms with E-state index < -0.39 is 9.09 Å². The summed E-state index contributed by atoms with van der Waals surface area (Å²) in [5.41, 5.74) is 1.28. The summed E-state index contributed by atoms with van der Waals surface area (Å²) in [7, 11) is 0. The zero-order chi connectivity index (χ0) is 20.4. The molecule has 2 aromatic rings. The predicted octanol–water partition coefficient (Wildman–Crippen LogP) is 7.74. The average molecular weight is 482 g/mol. The van der Waals surface area contributed by atoms with Gasteiger partial charge in [-0.2, -0.15) is 0 Å². The molecule has 9 heteroatoms. The number of benzene rings is 1. The van der Waals surface area contributed by atoms with E-state index in [1.54, 1.807) is 0 Å². The molecule has 0 saturated heterocycles. The summed E-state index contributed by atoms with van der Waals surface area (Å²) in [5, 5.41) is 7.68. The Balaban J connectivity index is 1.74. The van der Waals surface area contributed by atoms with E-state index in [4.69, 9.17) is 51.1 Å². The Hall–Kier alpha value is -0.720. The first-order valence-corrected chi connectivity index (χ1v) is 11.3. The highest BCUT2D eigenvalue weighted by atomic mass is 35.6. The van der Waals surface area contributed by atoms with Gasteiger partial charge < -0.3 is 4.74 Å². The summed E-state index contributed by atoms with van der Waals surface area (Å²) < 4.78 is 4.29. The maximum Gasteiger partial charge on any atom is 0.372 e. The van der Waals surface area contributed by atoms with Crippen molar-refractivity contribution in [1.82, 2.24) is 10.2 Å². The van der Waals surface area contributed by atoms with Crippen LogP contribution >= 0.6 is 58.2 Å². The van der Waals surface area contributed by atoms with Crippen LogP contribution in [0.5, 0.6) is 5.75 Å². The zero-order valence-corrected chi connectivity index (χ0v) is 18.9. The number of halogens is 4. The number of alkyl halides is 3. The van der Waals surface area contributed by atoms with Crippen LogP contribution in [0.3, 0.4) is 0 Å². The van der Waals surface area contributed by atoms with Gasteiger partial charge in [-0.05, 0) is 31.0 Å². The molecule has 2 rings (SSSR count). The van der Waals surface area contributed by atoms with Crippen LogP contribution in [0.25, 0.3) is 11.3 Å². The van der Waals surface area contributed by atoms with Crippen molar-refractivity contribution in [3.8, 4) is 17.0 Å². The Kier molecular flexibility index (Phi) is 10.2. The topological polar surface area (TPSA) is 52.1 Å². The fraction of sp³-hybridized carbons (Fsp3) is 0.421. The Morgan fingerprint density at radius 2 is 1.68 bits per heavy atom. The van der Waals surface area contributed by atoms with Crippen LogP contribution in [-0.4, -0.2) is 25.0 Å². The standard InChI is InChI=1S/C19H20Cl4N2O2S/c20-16-13-15(17(25-24-16)14-9-5-4-6-10-14)27-18(26)28-12-8-3-1-2-7-11-19(21,22)23/h4-6,9-10,13H,1-3,7-8,11-12H2. The molecule has 1 heterocycles. The van der Waals surface area contributed by atoms with Gasteiger partial charge in [0.15, 0.2) is 14.7 Å². The van der Waals surface area contributed by atoms with E-state index in [1.165, 1.54) is 6.07 Å². The number of hydrogen-bond acceptors (Lipinski definition) is 5. The second-order valence-electron chi connectivity index (χ2n) is 6.08. The van der Waals surface area contributed by atoms with Gasteiger partial charge in [0.25, 0.3) is 0 Å². The summed E-state index contributed by atoms with van der Waals surface area (Å²) in [4.78, 5) is 12.2. The van der Waals surface area contributed by atoms with Gasteiger partial charge in [0.2, 0.25) is 0 Å². The Morgan fingerprint density at radius 1 is 1.00 bits per heavy atom. The van der Waals surface area contributed by atoms with Gasteiger partial charge >= 0.3 is 5.30 Å². The lowest BCUT2D eigenvalue weighted by Crippen LogP contribution is -2.05. The molecule has 1 aromatic carbocycles. The predicted molar refractivity (Wildman–Crippen MR) is 119 cm³/mol. The van der Waals surface area contributed by atoms with E-state index in [0.717, 1.165) is 49.4 Å². The van der Waals surface area contributed by atoms with Gasteiger partial charge in [-0.3, -0.25) is 0 Å². The number of carbonyl (C=O) groups is 1. The van der Waals surface area contributed by atoms with Gasteiger partial charge in [0, 0.05) is 17.4 Å². The van der Waals surface area contributed by atoms with Crippen molar-refractivity contribution in [2.75, 3.05) is 5.75 Å². The molecule has 0 N–H and O–H groups in total. The molecule has 1 aromatic heterocycles. The molecule has 0 amide bonds. The van der Waals surface area contributed by atoms with E-state index in [2.05, 4.69) is 10.2 Å². The third-order valence-corrected chi connectivity index (χ3v) is 5.36. The molecule has 0 unspecified atom stereocenters. The second-order valence-corrected chi connectivity index (χ2v) is 10.0. The van der Waals surface area contributed by atoms with Gasteiger partial charge in [-0.1, -0.05) is 96.0 Å². The van der Waals surface area contributed by atoms with E-state index in [-0.39, 0.29) is 5.15 Å². The molecule has 152 valence electrons. The summed E-state index contributed by atoms with van der Waals surface area (Å²) in [6, 6.07) is 10.9. The minimum absolute atomic E-state index is 0.169. The molecule has 0 bridgehead atoms. The number of ether oxygens (including phenoxy) is 1. The monoisotopic (exact) mass is 480 g/mol. The van der Waals surface area contributed by atoms with Crippen LogP contribution in [0.4, 0.5) is 4.79 Å². The van der Waals surface area contributed by atoms with Gasteiger partial charge in [0.05, 0.1) is 0 Å². The highest BCUT2D eigenvalue weighted by Gasteiger charge is 2.18. The maximum atomic E-state index is 12.2. The summed E-state index contributed by atoms with van der Waals surface area (Å²) in [6.45, 7) is 0. The molecule has 0 aliphatic heterocycles. The van der Waals surface area contributed by atoms with Gasteiger partial charge in [-0.25, -0.2) is 4.79 Å². The molecule has 0 spiro atoms. The highest BCUT2D eigenvalue weighted by molar-refractivity contribution is 8.13. The lowest BCUT2D eigenvalue weighted by Gasteiger charge is -2.10. The number of thioether (sulfide) groups is 1. The minimum atomic E-state index is -1.16. The van der Waals surface area contributed by atoms with Gasteiger partial charge in [0.1, 0.15) is 5.69 Å². The minimum Gasteiger partial charge on any atom is -0.416 e. The Labute approximate surface area is 189 Å². The lowest BCUT2D eigenvalue weighted by molar-refractivity contribution is 0.227. The molecule has 0 fully saturated rings. The third kappa shape index (κ3) is 9.19. The molecule has 0 aliphatic rings. The van der Waals surface area contributed by atoms with Crippen molar-refractivity contribution in [3.63, 3.8) is 0 Å². The van der Waals surface area contributed by atoms with Gasteiger partial charge in [-0.15, -0.1) is 10.2 Å². The second kappa shape index (κ2) is 12.1. The van der Waals surface area contributed by atoms with Crippen LogP contribution in [0.2, 0.25) is 5.15 Å². The molecule has 0 atom stereocenters. The first-order valence-electron chi connectivity index (χ1n) is 8.85. The molecule has 0 saturated carbocycles.